The van der Waals surface area contributed by atoms with Crippen LogP contribution in [0.3, 0.4) is 0 Å². The van der Waals surface area contributed by atoms with Gasteiger partial charge in [-0.1, -0.05) is 0 Å². The summed E-state index contributed by atoms with van der Waals surface area (Å²) in [7, 11) is 2.00. The van der Waals surface area contributed by atoms with Gasteiger partial charge < -0.3 is 10.6 Å². The topological polar surface area (TPSA) is 54.0 Å². The molecule has 17 heavy (non-hydrogen) atoms. The van der Waals surface area contributed by atoms with E-state index in [4.69, 9.17) is 0 Å². The Labute approximate surface area is 106 Å². The average Bonchev–Trinajstić information content (AvgIpc) is 2.77. The molecule has 0 atom stereocenters. The minimum Gasteiger partial charge on any atom is -0.349 e. The summed E-state index contributed by atoms with van der Waals surface area (Å²) in [6.07, 6.45) is 6.07. The summed E-state index contributed by atoms with van der Waals surface area (Å²) in [5, 5.41) is 7.33. The van der Waals surface area contributed by atoms with Crippen LogP contribution >= 0.6 is 11.3 Å². The van der Waals surface area contributed by atoms with Crippen LogP contribution in [-0.4, -0.2) is 30.0 Å². The zero-order chi connectivity index (χ0) is 12.3. The number of aryl methyl sites for hydroxylation is 1. The van der Waals surface area contributed by atoms with Gasteiger partial charge in [0.05, 0.1) is 11.2 Å². The predicted octanol–water partition coefficient (Wildman–Crippen LogP) is 1.71. The molecule has 5 heteroatoms. The fourth-order valence-corrected chi connectivity index (χ4v) is 2.93. The molecule has 0 unspecified atom stereocenters. The number of carbonyl (C=O) groups is 1. The van der Waals surface area contributed by atoms with Gasteiger partial charge in [0.1, 0.15) is 4.88 Å². The van der Waals surface area contributed by atoms with Crippen molar-refractivity contribution in [1.29, 1.82) is 0 Å². The summed E-state index contributed by atoms with van der Waals surface area (Å²) in [5.41, 5.74) is 0. The van der Waals surface area contributed by atoms with Gasteiger partial charge in [-0.2, -0.15) is 0 Å². The number of nitrogens with zero attached hydrogens (tertiary/aromatic N) is 1. The smallest absolute Gasteiger partial charge is 0.263 e. The van der Waals surface area contributed by atoms with Crippen molar-refractivity contribution in [2.24, 2.45) is 0 Å². The van der Waals surface area contributed by atoms with Gasteiger partial charge in [0.2, 0.25) is 0 Å². The van der Waals surface area contributed by atoms with E-state index in [-0.39, 0.29) is 5.91 Å². The fourth-order valence-electron chi connectivity index (χ4n) is 2.25. The van der Waals surface area contributed by atoms with Crippen LogP contribution < -0.4 is 10.6 Å². The van der Waals surface area contributed by atoms with E-state index < -0.39 is 0 Å². The number of aromatic nitrogens is 1. The standard InChI is InChI=1S/C12H19N3OS/c1-8-14-7-11(17-8)12(16)15-10-5-3-9(13-2)4-6-10/h7,9-10,13H,3-6H2,1-2H3,(H,15,16). The number of rotatable bonds is 3. The molecule has 1 aromatic heterocycles. The SMILES string of the molecule is CNC1CCC(NC(=O)c2cnc(C)s2)CC1. The van der Waals surface area contributed by atoms with Crippen molar-refractivity contribution in [3.8, 4) is 0 Å². The minimum absolute atomic E-state index is 0.0310. The molecular formula is C12H19N3OS. The highest BCUT2D eigenvalue weighted by molar-refractivity contribution is 7.13. The number of hydrogen-bond acceptors (Lipinski definition) is 4. The molecule has 0 saturated heterocycles. The zero-order valence-electron chi connectivity index (χ0n) is 10.3. The molecule has 1 heterocycles. The highest BCUT2D eigenvalue weighted by atomic mass is 32.1. The van der Waals surface area contributed by atoms with Crippen LogP contribution in [0.1, 0.15) is 40.4 Å². The third-order valence-electron chi connectivity index (χ3n) is 3.32. The molecule has 0 spiro atoms. The Bertz CT molecular complexity index is 383. The van der Waals surface area contributed by atoms with Gasteiger partial charge in [0.25, 0.3) is 5.91 Å². The van der Waals surface area contributed by atoms with E-state index in [1.165, 1.54) is 11.3 Å². The lowest BCUT2D eigenvalue weighted by atomic mass is 9.91. The first kappa shape index (κ1) is 12.5. The van der Waals surface area contributed by atoms with E-state index in [0.29, 0.717) is 12.1 Å². The Morgan fingerprint density at radius 2 is 2.00 bits per heavy atom. The molecule has 1 fully saturated rings. The van der Waals surface area contributed by atoms with E-state index in [1.54, 1.807) is 6.20 Å². The van der Waals surface area contributed by atoms with Crippen LogP contribution in [0.15, 0.2) is 6.20 Å². The van der Waals surface area contributed by atoms with Crippen molar-refractivity contribution in [2.45, 2.75) is 44.7 Å². The number of nitrogens with one attached hydrogen (secondary N) is 2. The molecule has 4 nitrogen and oxygen atoms in total. The number of thiazole rings is 1. The first-order valence-corrected chi connectivity index (χ1v) is 6.91. The third kappa shape index (κ3) is 3.26. The van der Waals surface area contributed by atoms with Crippen molar-refractivity contribution in [2.75, 3.05) is 7.05 Å². The van der Waals surface area contributed by atoms with Crippen molar-refractivity contribution >= 4 is 17.2 Å². The van der Waals surface area contributed by atoms with Gasteiger partial charge in [0.15, 0.2) is 0 Å². The molecule has 94 valence electrons. The molecule has 2 N–H and O–H groups in total. The molecular weight excluding hydrogens is 234 g/mol. The number of hydrogen-bond donors (Lipinski definition) is 2. The van der Waals surface area contributed by atoms with Crippen molar-refractivity contribution in [3.05, 3.63) is 16.1 Å². The lowest BCUT2D eigenvalue weighted by Crippen LogP contribution is -2.41. The summed E-state index contributed by atoms with van der Waals surface area (Å²) in [6, 6.07) is 0.948. The van der Waals surface area contributed by atoms with Crippen LogP contribution in [0.5, 0.6) is 0 Å². The van der Waals surface area contributed by atoms with Crippen molar-refractivity contribution in [3.63, 3.8) is 0 Å². The summed E-state index contributed by atoms with van der Waals surface area (Å²) < 4.78 is 0. The van der Waals surface area contributed by atoms with Gasteiger partial charge in [-0.05, 0) is 39.7 Å². The van der Waals surface area contributed by atoms with Crippen LogP contribution in [-0.2, 0) is 0 Å². The average molecular weight is 253 g/mol. The number of amides is 1. The second kappa shape index (κ2) is 5.60. The summed E-state index contributed by atoms with van der Waals surface area (Å²) in [5.74, 6) is 0.0310. The van der Waals surface area contributed by atoms with Gasteiger partial charge in [-0.25, -0.2) is 4.98 Å². The maximum atomic E-state index is 11.9. The molecule has 0 radical (unpaired) electrons. The Balaban J connectivity index is 1.84. The maximum Gasteiger partial charge on any atom is 0.263 e. The first-order chi connectivity index (χ1) is 8.19. The molecule has 0 aromatic carbocycles. The molecule has 1 aliphatic carbocycles. The quantitative estimate of drug-likeness (QED) is 0.862. The lowest BCUT2D eigenvalue weighted by Gasteiger charge is -2.28. The highest BCUT2D eigenvalue weighted by Crippen LogP contribution is 2.19. The maximum absolute atomic E-state index is 11.9. The summed E-state index contributed by atoms with van der Waals surface area (Å²) >= 11 is 1.45. The molecule has 0 aliphatic heterocycles. The van der Waals surface area contributed by atoms with Crippen LogP contribution in [0, 0.1) is 6.92 Å². The van der Waals surface area contributed by atoms with Crippen molar-refractivity contribution in [1.82, 2.24) is 15.6 Å². The number of carbonyl (C=O) groups excluding carboxylic acids is 1. The largest absolute Gasteiger partial charge is 0.349 e. The fraction of sp³-hybridized carbons (Fsp3) is 0.667. The molecule has 2 rings (SSSR count). The second-order valence-electron chi connectivity index (χ2n) is 4.55. The summed E-state index contributed by atoms with van der Waals surface area (Å²) in [4.78, 5) is 16.7. The van der Waals surface area contributed by atoms with Crippen LogP contribution in [0.4, 0.5) is 0 Å². The normalized spacial score (nSPS) is 24.6. The molecule has 1 aromatic rings. The second-order valence-corrected chi connectivity index (χ2v) is 5.79. The summed E-state index contributed by atoms with van der Waals surface area (Å²) in [6.45, 7) is 1.92. The van der Waals surface area contributed by atoms with Gasteiger partial charge in [0, 0.05) is 12.1 Å². The van der Waals surface area contributed by atoms with E-state index in [0.717, 1.165) is 35.6 Å². The van der Waals surface area contributed by atoms with E-state index in [9.17, 15) is 4.79 Å². The minimum atomic E-state index is 0.0310. The predicted molar refractivity (Wildman–Crippen MR) is 69.4 cm³/mol. The van der Waals surface area contributed by atoms with Gasteiger partial charge in [-0.15, -0.1) is 11.3 Å². The molecule has 0 bridgehead atoms. The van der Waals surface area contributed by atoms with Crippen LogP contribution in [0.25, 0.3) is 0 Å². The first-order valence-electron chi connectivity index (χ1n) is 6.09. The molecule has 1 saturated carbocycles. The molecule has 1 aliphatic rings. The monoisotopic (exact) mass is 253 g/mol. The van der Waals surface area contributed by atoms with Gasteiger partial charge >= 0.3 is 0 Å². The van der Waals surface area contributed by atoms with E-state index in [1.807, 2.05) is 14.0 Å². The third-order valence-corrected chi connectivity index (χ3v) is 4.23. The van der Waals surface area contributed by atoms with Crippen LogP contribution in [0.2, 0.25) is 0 Å². The van der Waals surface area contributed by atoms with E-state index in [2.05, 4.69) is 15.6 Å². The lowest BCUT2D eigenvalue weighted by molar-refractivity contribution is 0.0928. The molecule has 1 amide bonds. The Morgan fingerprint density at radius 3 is 2.53 bits per heavy atom. The van der Waals surface area contributed by atoms with E-state index >= 15 is 0 Å². The highest BCUT2D eigenvalue weighted by Gasteiger charge is 2.22. The van der Waals surface area contributed by atoms with Crippen molar-refractivity contribution < 1.29 is 4.79 Å². The zero-order valence-corrected chi connectivity index (χ0v) is 11.1. The Hall–Kier alpha value is -0.940. The Kier molecular flexibility index (Phi) is 4.12. The Morgan fingerprint density at radius 1 is 1.35 bits per heavy atom. The van der Waals surface area contributed by atoms with Gasteiger partial charge in [-0.3, -0.25) is 4.79 Å².